The Morgan fingerprint density at radius 1 is 1.07 bits per heavy atom. The summed E-state index contributed by atoms with van der Waals surface area (Å²) >= 11 is 0. The van der Waals surface area contributed by atoms with Crippen molar-refractivity contribution in [3.05, 3.63) is 36.0 Å². The van der Waals surface area contributed by atoms with Gasteiger partial charge in [0.1, 0.15) is 18.1 Å². The number of nitrogens with one attached hydrogen (secondary N) is 3. The molecular weight excluding hydrogens is 518 g/mol. The van der Waals surface area contributed by atoms with E-state index in [0.29, 0.717) is 38.8 Å². The fraction of sp³-hybridized carbons (Fsp3) is 0.519. The predicted molar refractivity (Wildman–Crippen MR) is 148 cm³/mol. The Balaban J connectivity index is 1.67. The minimum absolute atomic E-state index is 0.122. The van der Waals surface area contributed by atoms with Crippen molar-refractivity contribution in [3.63, 3.8) is 0 Å². The van der Waals surface area contributed by atoms with Crippen molar-refractivity contribution in [2.45, 2.75) is 75.5 Å². The van der Waals surface area contributed by atoms with Crippen molar-refractivity contribution >= 4 is 40.5 Å². The summed E-state index contributed by atoms with van der Waals surface area (Å²) in [5.74, 6) is -3.61. The summed E-state index contributed by atoms with van der Waals surface area (Å²) in [4.78, 5) is 67.2. The minimum atomic E-state index is -1.22. The molecule has 1 fully saturated rings. The SMILES string of the molecule is NCCCCC(NC(=O)C(CCC(N)=O)NC(=O)C1CCCN1C(=O)C(N)Cc1c[nH]c2ccccc12)C(=O)O. The molecule has 1 aliphatic heterocycles. The van der Waals surface area contributed by atoms with E-state index in [2.05, 4.69) is 15.6 Å². The van der Waals surface area contributed by atoms with Gasteiger partial charge in [0.25, 0.3) is 0 Å². The van der Waals surface area contributed by atoms with Crippen molar-refractivity contribution in [1.82, 2.24) is 20.5 Å². The standard InChI is InChI=1S/C27H39N7O6/c28-12-4-3-8-21(27(39)40)33-24(36)20(10-11-23(30)35)32-25(37)22-9-5-13-34(22)26(38)18(29)14-16-15-31-19-7-2-1-6-17(16)19/h1-2,6-7,15,18,20-22,31H,3-5,8-14,28-29H2,(H2,30,35)(H,32,37)(H,33,36)(H,39,40). The van der Waals surface area contributed by atoms with Gasteiger partial charge in [0.15, 0.2) is 0 Å². The van der Waals surface area contributed by atoms with E-state index in [1.807, 2.05) is 30.5 Å². The number of aromatic nitrogens is 1. The molecule has 4 unspecified atom stereocenters. The van der Waals surface area contributed by atoms with E-state index in [1.165, 1.54) is 4.90 Å². The Kier molecular flexibility index (Phi) is 11.0. The fourth-order valence-electron chi connectivity index (χ4n) is 4.99. The van der Waals surface area contributed by atoms with Crippen LogP contribution in [0.4, 0.5) is 0 Å². The highest BCUT2D eigenvalue weighted by Crippen LogP contribution is 2.22. The number of likely N-dealkylation sites (tertiary alicyclic amines) is 1. The van der Waals surface area contributed by atoms with E-state index in [4.69, 9.17) is 17.2 Å². The molecule has 13 heteroatoms. The maximum absolute atomic E-state index is 13.3. The lowest BCUT2D eigenvalue weighted by Crippen LogP contribution is -2.56. The summed E-state index contributed by atoms with van der Waals surface area (Å²) in [6.45, 7) is 0.721. The number of carboxylic acid groups (broad SMARTS) is 1. The van der Waals surface area contributed by atoms with Gasteiger partial charge in [0.05, 0.1) is 6.04 Å². The molecule has 218 valence electrons. The number of hydrogen-bond donors (Lipinski definition) is 7. The van der Waals surface area contributed by atoms with Gasteiger partial charge in [-0.25, -0.2) is 4.79 Å². The largest absolute Gasteiger partial charge is 0.480 e. The Hall–Kier alpha value is -3.97. The van der Waals surface area contributed by atoms with Crippen LogP contribution in [0.3, 0.4) is 0 Å². The maximum Gasteiger partial charge on any atom is 0.326 e. The maximum atomic E-state index is 13.3. The van der Waals surface area contributed by atoms with Crippen LogP contribution in [-0.4, -0.2) is 81.8 Å². The van der Waals surface area contributed by atoms with Gasteiger partial charge in [-0.1, -0.05) is 18.2 Å². The number of hydrogen-bond acceptors (Lipinski definition) is 7. The van der Waals surface area contributed by atoms with E-state index in [9.17, 15) is 29.1 Å². The number of H-pyrrole nitrogens is 1. The number of rotatable bonds is 15. The number of aliphatic carboxylic acids is 1. The van der Waals surface area contributed by atoms with Crippen LogP contribution in [-0.2, 0) is 30.4 Å². The second kappa shape index (κ2) is 14.4. The van der Waals surface area contributed by atoms with Crippen LogP contribution in [0, 0.1) is 0 Å². The second-order valence-corrected chi connectivity index (χ2v) is 10.1. The van der Waals surface area contributed by atoms with E-state index >= 15 is 0 Å². The van der Waals surface area contributed by atoms with Gasteiger partial charge in [0, 0.05) is 30.1 Å². The molecule has 1 aromatic heterocycles. The molecule has 0 aliphatic carbocycles. The zero-order chi connectivity index (χ0) is 29.2. The van der Waals surface area contributed by atoms with Crippen molar-refractivity contribution in [1.29, 1.82) is 0 Å². The predicted octanol–water partition coefficient (Wildman–Crippen LogP) is -0.523. The zero-order valence-corrected chi connectivity index (χ0v) is 22.4. The molecule has 0 saturated carbocycles. The number of para-hydroxylation sites is 1. The van der Waals surface area contributed by atoms with Gasteiger partial charge in [-0.15, -0.1) is 0 Å². The fourth-order valence-corrected chi connectivity index (χ4v) is 4.99. The molecule has 0 bridgehead atoms. The third-order valence-electron chi connectivity index (χ3n) is 7.14. The molecule has 2 heterocycles. The first kappa shape index (κ1) is 30.6. The number of carbonyl (C=O) groups excluding carboxylic acids is 4. The number of amides is 4. The van der Waals surface area contributed by atoms with Gasteiger partial charge in [-0.3, -0.25) is 19.2 Å². The third-order valence-corrected chi connectivity index (χ3v) is 7.14. The van der Waals surface area contributed by atoms with Gasteiger partial charge in [0.2, 0.25) is 23.6 Å². The highest BCUT2D eigenvalue weighted by Gasteiger charge is 2.38. The number of benzene rings is 1. The lowest BCUT2D eigenvalue weighted by Gasteiger charge is -2.28. The van der Waals surface area contributed by atoms with E-state index in [-0.39, 0.29) is 31.6 Å². The van der Waals surface area contributed by atoms with Gasteiger partial charge >= 0.3 is 5.97 Å². The highest BCUT2D eigenvalue weighted by molar-refractivity contribution is 5.95. The lowest BCUT2D eigenvalue weighted by molar-refractivity contribution is -0.143. The van der Waals surface area contributed by atoms with Gasteiger partial charge in [-0.2, -0.15) is 0 Å². The summed E-state index contributed by atoms with van der Waals surface area (Å²) < 4.78 is 0. The van der Waals surface area contributed by atoms with Crippen molar-refractivity contribution in [2.24, 2.45) is 17.2 Å². The Labute approximate surface area is 232 Å². The summed E-state index contributed by atoms with van der Waals surface area (Å²) in [6.07, 6.45) is 3.96. The van der Waals surface area contributed by atoms with Gasteiger partial charge in [-0.05, 0) is 63.1 Å². The number of nitrogens with zero attached hydrogens (tertiary/aromatic N) is 1. The number of primary amides is 1. The molecule has 40 heavy (non-hydrogen) atoms. The molecule has 4 amide bonds. The van der Waals surface area contributed by atoms with E-state index < -0.39 is 47.9 Å². The summed E-state index contributed by atoms with van der Waals surface area (Å²) in [6, 6.07) is 3.54. The smallest absolute Gasteiger partial charge is 0.326 e. The van der Waals surface area contributed by atoms with Crippen LogP contribution in [0.5, 0.6) is 0 Å². The lowest BCUT2D eigenvalue weighted by atomic mass is 10.0. The van der Waals surface area contributed by atoms with E-state index in [0.717, 1.165) is 16.5 Å². The first-order valence-electron chi connectivity index (χ1n) is 13.5. The number of unbranched alkanes of at least 4 members (excludes halogenated alkanes) is 1. The Morgan fingerprint density at radius 3 is 2.52 bits per heavy atom. The molecule has 1 saturated heterocycles. The van der Waals surface area contributed by atoms with Crippen LogP contribution in [0.1, 0.15) is 50.5 Å². The molecule has 0 radical (unpaired) electrons. The zero-order valence-electron chi connectivity index (χ0n) is 22.4. The molecule has 3 rings (SSSR count). The second-order valence-electron chi connectivity index (χ2n) is 10.1. The average Bonchev–Trinajstić information content (AvgIpc) is 3.57. The van der Waals surface area contributed by atoms with Crippen LogP contribution < -0.4 is 27.8 Å². The van der Waals surface area contributed by atoms with E-state index in [1.54, 1.807) is 0 Å². The molecule has 4 atom stereocenters. The highest BCUT2D eigenvalue weighted by atomic mass is 16.4. The van der Waals surface area contributed by atoms with Crippen molar-refractivity contribution in [2.75, 3.05) is 13.1 Å². The Bertz CT molecular complexity index is 1210. The molecule has 0 spiro atoms. The summed E-state index contributed by atoms with van der Waals surface area (Å²) in [5.41, 5.74) is 18.8. The van der Waals surface area contributed by atoms with Crippen LogP contribution in [0.25, 0.3) is 10.9 Å². The minimum Gasteiger partial charge on any atom is -0.480 e. The molecular formula is C27H39N7O6. The Morgan fingerprint density at radius 2 is 1.82 bits per heavy atom. The molecule has 1 aromatic carbocycles. The summed E-state index contributed by atoms with van der Waals surface area (Å²) in [5, 5.41) is 15.5. The quantitative estimate of drug-likeness (QED) is 0.141. The van der Waals surface area contributed by atoms with Crippen LogP contribution >= 0.6 is 0 Å². The number of carbonyl (C=O) groups is 5. The molecule has 2 aromatic rings. The first-order chi connectivity index (χ1) is 19.1. The molecule has 1 aliphatic rings. The van der Waals surface area contributed by atoms with Crippen LogP contribution in [0.2, 0.25) is 0 Å². The van der Waals surface area contributed by atoms with Gasteiger partial charge < -0.3 is 42.8 Å². The van der Waals surface area contributed by atoms with Crippen LogP contribution in [0.15, 0.2) is 30.5 Å². The average molecular weight is 558 g/mol. The first-order valence-corrected chi connectivity index (χ1v) is 13.5. The third kappa shape index (κ3) is 8.02. The summed E-state index contributed by atoms with van der Waals surface area (Å²) in [7, 11) is 0. The monoisotopic (exact) mass is 557 g/mol. The number of nitrogens with two attached hydrogens (primary N) is 3. The van der Waals surface area contributed by atoms with Crippen molar-refractivity contribution in [3.8, 4) is 0 Å². The number of aromatic amines is 1. The molecule has 13 nitrogen and oxygen atoms in total. The number of fused-ring (bicyclic) bond motifs is 1. The van der Waals surface area contributed by atoms with Crippen molar-refractivity contribution < 1.29 is 29.1 Å². The number of carboxylic acids is 1. The topological polar surface area (TPSA) is 227 Å². The molecule has 10 N–H and O–H groups in total. The normalized spacial score (nSPS) is 17.2.